The first-order chi connectivity index (χ1) is 13.3. The number of ketones is 1. The summed E-state index contributed by atoms with van der Waals surface area (Å²) in [6.45, 7) is 5.92. The van der Waals surface area contributed by atoms with E-state index in [1.54, 1.807) is 0 Å². The Hall–Kier alpha value is -1.92. The van der Waals surface area contributed by atoms with Gasteiger partial charge in [0.05, 0.1) is 30.7 Å². The molecule has 11 nitrogen and oxygen atoms in total. The van der Waals surface area contributed by atoms with Gasteiger partial charge < -0.3 is 35.1 Å². The number of aromatic nitrogens is 3. The molecule has 11 heteroatoms. The number of nitrogens with zero attached hydrogens (tertiary/aromatic N) is 3. The largest absolute Gasteiger partial charge is 0.478 e. The van der Waals surface area contributed by atoms with E-state index >= 15 is 0 Å². The summed E-state index contributed by atoms with van der Waals surface area (Å²) in [6, 6.07) is 0. The highest BCUT2D eigenvalue weighted by Gasteiger charge is 2.57. The molecule has 1 aliphatic heterocycles. The normalized spacial score (nSPS) is 30.0. The number of carbonyl (C=O) groups is 2. The van der Waals surface area contributed by atoms with Crippen LogP contribution in [0.5, 0.6) is 0 Å². The molecule has 1 fully saturated rings. The van der Waals surface area contributed by atoms with Crippen molar-refractivity contribution in [1.82, 2.24) is 15.0 Å². The van der Waals surface area contributed by atoms with Crippen molar-refractivity contribution in [3.8, 4) is 0 Å². The molecule has 6 atom stereocenters. The van der Waals surface area contributed by atoms with Gasteiger partial charge in [0.2, 0.25) is 0 Å². The van der Waals surface area contributed by atoms with Crippen molar-refractivity contribution in [2.24, 2.45) is 5.92 Å². The molecule has 0 bridgehead atoms. The molecule has 6 unspecified atom stereocenters. The molecule has 5 N–H and O–H groups in total. The Morgan fingerprint density at radius 2 is 2.00 bits per heavy atom. The Kier molecular flexibility index (Phi) is 6.80. The quantitative estimate of drug-likeness (QED) is 0.362. The molecule has 0 aromatic carbocycles. The maximum absolute atomic E-state index is 12.4. The highest BCUT2D eigenvalue weighted by molar-refractivity contribution is 5.77. The summed E-state index contributed by atoms with van der Waals surface area (Å²) in [7, 11) is 0. The first-order valence-corrected chi connectivity index (χ1v) is 9.32. The number of aliphatic carboxylic acids is 1. The summed E-state index contributed by atoms with van der Waals surface area (Å²) in [5.74, 6) is -2.78. The highest BCUT2D eigenvalue weighted by atomic mass is 16.6. The summed E-state index contributed by atoms with van der Waals surface area (Å²) in [4.78, 5) is 24.0. The fraction of sp³-hybridized carbons (Fsp3) is 0.778. The van der Waals surface area contributed by atoms with Gasteiger partial charge in [-0.15, -0.1) is 5.10 Å². The third-order valence-electron chi connectivity index (χ3n) is 5.17. The van der Waals surface area contributed by atoms with Gasteiger partial charge >= 0.3 is 5.97 Å². The van der Waals surface area contributed by atoms with Crippen LogP contribution < -0.4 is 0 Å². The predicted octanol–water partition coefficient (Wildman–Crippen LogP) is -1.23. The number of ether oxygens (including phenoxy) is 1. The van der Waals surface area contributed by atoms with Gasteiger partial charge in [0, 0.05) is 24.2 Å². The lowest BCUT2D eigenvalue weighted by Gasteiger charge is -2.47. The minimum absolute atomic E-state index is 0.208. The second kappa shape index (κ2) is 8.44. The van der Waals surface area contributed by atoms with E-state index in [1.165, 1.54) is 13.1 Å². The minimum Gasteiger partial charge on any atom is -0.478 e. The maximum Gasteiger partial charge on any atom is 0.359 e. The average Bonchev–Trinajstić information content (AvgIpc) is 3.12. The Labute approximate surface area is 167 Å². The molecule has 0 aliphatic carbocycles. The van der Waals surface area contributed by atoms with Gasteiger partial charge in [0.25, 0.3) is 5.72 Å². The fourth-order valence-corrected chi connectivity index (χ4v) is 3.63. The number of hydrogen-bond acceptors (Lipinski definition) is 9. The monoisotopic (exact) mass is 415 g/mol. The van der Waals surface area contributed by atoms with Crippen molar-refractivity contribution >= 4 is 11.8 Å². The number of carboxylic acid groups (broad SMARTS) is 1. The van der Waals surface area contributed by atoms with Crippen LogP contribution in [0.1, 0.15) is 46.2 Å². The van der Waals surface area contributed by atoms with Crippen molar-refractivity contribution in [1.29, 1.82) is 0 Å². The number of rotatable bonds is 7. The first-order valence-electron chi connectivity index (χ1n) is 9.32. The Bertz CT molecular complexity index is 746. The smallest absolute Gasteiger partial charge is 0.359 e. The molecule has 1 aliphatic rings. The zero-order valence-electron chi connectivity index (χ0n) is 16.9. The molecule has 0 radical (unpaired) electrons. The van der Waals surface area contributed by atoms with Crippen LogP contribution in [0.4, 0.5) is 0 Å². The Balaban J connectivity index is 2.60. The zero-order chi connectivity index (χ0) is 22.1. The van der Waals surface area contributed by atoms with Crippen LogP contribution in [-0.2, 0) is 25.5 Å². The van der Waals surface area contributed by atoms with E-state index < -0.39 is 60.5 Å². The van der Waals surface area contributed by atoms with E-state index in [4.69, 9.17) is 4.74 Å². The molecule has 29 heavy (non-hydrogen) atoms. The molecule has 164 valence electrons. The number of Topliss-reactive ketones (excluding diaryl/α,β-unsaturated/α-hetero) is 1. The lowest BCUT2D eigenvalue weighted by Crippen LogP contribution is -2.62. The fourth-order valence-electron chi connectivity index (χ4n) is 3.63. The van der Waals surface area contributed by atoms with Crippen molar-refractivity contribution in [2.75, 3.05) is 6.61 Å². The van der Waals surface area contributed by atoms with Gasteiger partial charge in [-0.25, -0.2) is 9.48 Å². The molecule has 2 rings (SSSR count). The Morgan fingerprint density at radius 1 is 1.38 bits per heavy atom. The van der Waals surface area contributed by atoms with E-state index in [2.05, 4.69) is 10.3 Å². The van der Waals surface area contributed by atoms with E-state index in [0.717, 1.165) is 4.68 Å². The lowest BCUT2D eigenvalue weighted by atomic mass is 9.79. The minimum atomic E-state index is -2.23. The highest BCUT2D eigenvalue weighted by Crippen LogP contribution is 2.41. The first kappa shape index (κ1) is 23.4. The molecular formula is C18H29N3O8. The van der Waals surface area contributed by atoms with Crippen LogP contribution in [0.25, 0.3) is 0 Å². The maximum atomic E-state index is 12.4. The van der Waals surface area contributed by atoms with Crippen LogP contribution in [0, 0.1) is 5.92 Å². The van der Waals surface area contributed by atoms with Crippen LogP contribution in [0.15, 0.2) is 6.20 Å². The molecule has 1 aromatic heterocycles. The van der Waals surface area contributed by atoms with Gasteiger partial charge in [-0.2, -0.15) is 0 Å². The van der Waals surface area contributed by atoms with Gasteiger partial charge in [-0.3, -0.25) is 0 Å². The molecular weight excluding hydrogens is 386 g/mol. The summed E-state index contributed by atoms with van der Waals surface area (Å²) in [5, 5.41) is 58.1. The lowest BCUT2D eigenvalue weighted by molar-refractivity contribution is -0.269. The number of carboxylic acids is 1. The van der Waals surface area contributed by atoms with E-state index in [1.807, 2.05) is 20.8 Å². The standard InChI is InChI=1S/C18H29N3O8/c1-9(23)5-10-11(24)6-18(16(27)28,29-15(10)14(26)12(25)8-22)21-13(7-19-20-21)17(2,3)4/h7,10-12,14-15,22,24-26H,5-6,8H2,1-4H3,(H,27,28). The topological polar surface area (TPSA) is 175 Å². The second-order valence-electron chi connectivity index (χ2n) is 8.54. The third kappa shape index (κ3) is 4.48. The number of hydrogen-bond donors (Lipinski definition) is 5. The Morgan fingerprint density at radius 3 is 2.48 bits per heavy atom. The third-order valence-corrected chi connectivity index (χ3v) is 5.17. The van der Waals surface area contributed by atoms with Crippen molar-refractivity contribution in [3.63, 3.8) is 0 Å². The van der Waals surface area contributed by atoms with Gasteiger partial charge in [0.15, 0.2) is 0 Å². The van der Waals surface area contributed by atoms with Crippen molar-refractivity contribution < 1.29 is 39.9 Å². The molecule has 1 aromatic rings. The molecule has 2 heterocycles. The number of aliphatic hydroxyl groups excluding tert-OH is 4. The average molecular weight is 415 g/mol. The van der Waals surface area contributed by atoms with Gasteiger partial charge in [-0.1, -0.05) is 26.0 Å². The van der Waals surface area contributed by atoms with Crippen molar-refractivity contribution in [3.05, 3.63) is 11.9 Å². The SMILES string of the molecule is CC(=O)CC1C(O)CC(C(=O)O)(n2nncc2C(C)(C)C)OC1C(O)C(O)CO. The van der Waals surface area contributed by atoms with Gasteiger partial charge in [-0.05, 0) is 6.92 Å². The van der Waals surface area contributed by atoms with Crippen molar-refractivity contribution in [2.45, 2.75) is 76.1 Å². The van der Waals surface area contributed by atoms with Gasteiger partial charge in [0.1, 0.15) is 18.0 Å². The van der Waals surface area contributed by atoms with E-state index in [9.17, 15) is 35.1 Å². The molecule has 1 saturated heterocycles. The van der Waals surface area contributed by atoms with E-state index in [0.29, 0.717) is 5.69 Å². The van der Waals surface area contributed by atoms with Crippen LogP contribution in [0.3, 0.4) is 0 Å². The number of carbonyl (C=O) groups excluding carboxylic acids is 1. The molecule has 0 saturated carbocycles. The zero-order valence-corrected chi connectivity index (χ0v) is 16.9. The number of aliphatic hydroxyl groups is 4. The van der Waals surface area contributed by atoms with Crippen LogP contribution in [0.2, 0.25) is 0 Å². The van der Waals surface area contributed by atoms with Crippen LogP contribution in [-0.4, -0.2) is 83.3 Å². The second-order valence-corrected chi connectivity index (χ2v) is 8.54. The summed E-state index contributed by atoms with van der Waals surface area (Å²) in [5.41, 5.74) is -2.39. The van der Waals surface area contributed by atoms with E-state index in [-0.39, 0.29) is 12.2 Å². The predicted molar refractivity (Wildman–Crippen MR) is 97.7 cm³/mol. The molecule has 0 amide bonds. The summed E-state index contributed by atoms with van der Waals surface area (Å²) in [6.07, 6.45) is -5.52. The summed E-state index contributed by atoms with van der Waals surface area (Å²) >= 11 is 0. The van der Waals surface area contributed by atoms with Crippen LogP contribution >= 0.6 is 0 Å². The molecule has 0 spiro atoms. The summed E-state index contributed by atoms with van der Waals surface area (Å²) < 4.78 is 6.86.